The highest BCUT2D eigenvalue weighted by atomic mass is 32.1. The van der Waals surface area contributed by atoms with E-state index in [4.69, 9.17) is 4.74 Å². The van der Waals surface area contributed by atoms with E-state index in [0.717, 1.165) is 18.5 Å². The van der Waals surface area contributed by atoms with Crippen LogP contribution in [0.2, 0.25) is 0 Å². The maximum absolute atomic E-state index is 11.1. The van der Waals surface area contributed by atoms with Gasteiger partial charge in [0.1, 0.15) is 5.75 Å². The van der Waals surface area contributed by atoms with E-state index >= 15 is 0 Å². The molecule has 4 heteroatoms. The third-order valence-corrected chi connectivity index (χ3v) is 3.14. The summed E-state index contributed by atoms with van der Waals surface area (Å²) in [6.45, 7) is 1.89. The largest absolute Gasteiger partial charge is 0.489 e. The first-order chi connectivity index (χ1) is 7.66. The number of rotatable bonds is 3. The van der Waals surface area contributed by atoms with Crippen molar-refractivity contribution >= 4 is 17.7 Å². The predicted molar refractivity (Wildman–Crippen MR) is 65.2 cm³/mol. The summed E-state index contributed by atoms with van der Waals surface area (Å²) in [4.78, 5) is 15.3. The monoisotopic (exact) mass is 237 g/mol. The zero-order valence-electron chi connectivity index (χ0n) is 9.27. The first-order valence-electron chi connectivity index (χ1n) is 5.53. The molecule has 1 fully saturated rings. The number of thiol groups is 1. The Labute approximate surface area is 101 Å². The molecule has 1 aromatic heterocycles. The van der Waals surface area contributed by atoms with Crippen LogP contribution in [-0.4, -0.2) is 16.2 Å². The molecule has 1 aromatic rings. The van der Waals surface area contributed by atoms with Crippen LogP contribution >= 0.6 is 12.6 Å². The van der Waals surface area contributed by atoms with Crippen molar-refractivity contribution in [2.24, 2.45) is 0 Å². The van der Waals surface area contributed by atoms with E-state index in [1.165, 1.54) is 19.0 Å². The number of aryl methyl sites for hydroxylation is 1. The Morgan fingerprint density at radius 3 is 2.81 bits per heavy atom. The predicted octanol–water partition coefficient (Wildman–Crippen LogP) is 2.78. The van der Waals surface area contributed by atoms with Gasteiger partial charge in [-0.15, -0.1) is 12.6 Å². The van der Waals surface area contributed by atoms with Gasteiger partial charge in [0.15, 0.2) is 0 Å². The van der Waals surface area contributed by atoms with Crippen molar-refractivity contribution in [1.82, 2.24) is 4.98 Å². The average Bonchev–Trinajstić information content (AvgIpc) is 2.73. The third kappa shape index (κ3) is 2.55. The molecule has 0 unspecified atom stereocenters. The van der Waals surface area contributed by atoms with Gasteiger partial charge in [-0.3, -0.25) is 9.78 Å². The van der Waals surface area contributed by atoms with Crippen LogP contribution in [0, 0.1) is 6.92 Å². The van der Waals surface area contributed by atoms with Crippen LogP contribution in [0.15, 0.2) is 12.3 Å². The van der Waals surface area contributed by atoms with Crippen LogP contribution in [-0.2, 0) is 0 Å². The smallest absolute Gasteiger partial charge is 0.218 e. The lowest BCUT2D eigenvalue weighted by Crippen LogP contribution is -2.12. The lowest BCUT2D eigenvalue weighted by molar-refractivity contribution is 0.109. The summed E-state index contributed by atoms with van der Waals surface area (Å²) >= 11 is 3.78. The Hall–Kier alpha value is -1.03. The molecule has 86 valence electrons. The first kappa shape index (κ1) is 11.5. The third-order valence-electron chi connectivity index (χ3n) is 2.88. The molecule has 0 aromatic carbocycles. The number of hydrogen-bond donors (Lipinski definition) is 1. The Morgan fingerprint density at radius 1 is 1.50 bits per heavy atom. The molecule has 0 amide bonds. The summed E-state index contributed by atoms with van der Waals surface area (Å²) in [6, 6.07) is 1.73. The molecule has 0 spiro atoms. The fourth-order valence-electron chi connectivity index (χ4n) is 1.93. The molecule has 0 saturated heterocycles. The van der Waals surface area contributed by atoms with E-state index in [2.05, 4.69) is 17.6 Å². The number of pyridine rings is 1. The second kappa shape index (κ2) is 4.87. The van der Waals surface area contributed by atoms with Gasteiger partial charge in [0.05, 0.1) is 17.4 Å². The minimum atomic E-state index is -0.274. The molecule has 0 aliphatic heterocycles. The number of aromatic nitrogens is 1. The van der Waals surface area contributed by atoms with Crippen molar-refractivity contribution in [2.45, 2.75) is 38.7 Å². The summed E-state index contributed by atoms with van der Waals surface area (Å²) < 4.78 is 5.85. The lowest BCUT2D eigenvalue weighted by Gasteiger charge is -2.14. The van der Waals surface area contributed by atoms with E-state index in [-0.39, 0.29) is 11.2 Å². The molecule has 1 aliphatic rings. The quantitative estimate of drug-likeness (QED) is 0.822. The van der Waals surface area contributed by atoms with Crippen molar-refractivity contribution in [3.63, 3.8) is 0 Å². The van der Waals surface area contributed by atoms with Crippen molar-refractivity contribution < 1.29 is 9.53 Å². The SMILES string of the molecule is Cc1ncc(C(=O)S)cc1OC1CCCC1. The molecule has 1 saturated carbocycles. The lowest BCUT2D eigenvalue weighted by atomic mass is 10.2. The molecule has 0 N–H and O–H groups in total. The van der Waals surface area contributed by atoms with Crippen LogP contribution in [0.4, 0.5) is 0 Å². The van der Waals surface area contributed by atoms with Gasteiger partial charge in [-0.2, -0.15) is 0 Å². The summed E-state index contributed by atoms with van der Waals surface area (Å²) in [5.41, 5.74) is 1.31. The zero-order chi connectivity index (χ0) is 11.5. The molecule has 0 radical (unpaired) electrons. The zero-order valence-corrected chi connectivity index (χ0v) is 10.2. The van der Waals surface area contributed by atoms with Crippen LogP contribution in [0.1, 0.15) is 41.7 Å². The summed E-state index contributed by atoms with van der Waals surface area (Å²) in [7, 11) is 0. The molecule has 3 nitrogen and oxygen atoms in total. The average molecular weight is 237 g/mol. The van der Waals surface area contributed by atoms with Crippen molar-refractivity contribution in [3.8, 4) is 5.75 Å². The second-order valence-electron chi connectivity index (χ2n) is 4.14. The van der Waals surface area contributed by atoms with Gasteiger partial charge >= 0.3 is 0 Å². The van der Waals surface area contributed by atoms with E-state index in [1.54, 1.807) is 6.07 Å². The van der Waals surface area contributed by atoms with Crippen molar-refractivity contribution in [3.05, 3.63) is 23.5 Å². The molecular formula is C12H15NO2S. The Kier molecular flexibility index (Phi) is 3.49. The number of carbonyl (C=O) groups excluding carboxylic acids is 1. The maximum Gasteiger partial charge on any atom is 0.218 e. The van der Waals surface area contributed by atoms with Crippen molar-refractivity contribution in [2.75, 3.05) is 0 Å². The number of nitrogens with zero attached hydrogens (tertiary/aromatic N) is 1. The van der Waals surface area contributed by atoms with Gasteiger partial charge in [0.25, 0.3) is 0 Å². The molecule has 1 heterocycles. The molecule has 2 rings (SSSR count). The van der Waals surface area contributed by atoms with Gasteiger partial charge in [-0.25, -0.2) is 0 Å². The minimum absolute atomic E-state index is 0.274. The van der Waals surface area contributed by atoms with E-state index in [9.17, 15) is 4.79 Å². The second-order valence-corrected chi connectivity index (χ2v) is 4.54. The van der Waals surface area contributed by atoms with E-state index in [0.29, 0.717) is 11.3 Å². The van der Waals surface area contributed by atoms with Crippen molar-refractivity contribution in [1.29, 1.82) is 0 Å². The molecular weight excluding hydrogens is 222 g/mol. The van der Waals surface area contributed by atoms with Gasteiger partial charge in [-0.05, 0) is 38.7 Å². The summed E-state index contributed by atoms with van der Waals surface area (Å²) in [5, 5.41) is -0.274. The van der Waals surface area contributed by atoms with Gasteiger partial charge < -0.3 is 4.74 Å². The Balaban J connectivity index is 2.17. The van der Waals surface area contributed by atoms with Crippen LogP contribution in [0.25, 0.3) is 0 Å². The Bertz CT molecular complexity index is 400. The summed E-state index contributed by atoms with van der Waals surface area (Å²) in [5.74, 6) is 0.715. The minimum Gasteiger partial charge on any atom is -0.489 e. The van der Waals surface area contributed by atoms with Gasteiger partial charge in [-0.1, -0.05) is 0 Å². The van der Waals surface area contributed by atoms with Crippen LogP contribution < -0.4 is 4.74 Å². The molecule has 16 heavy (non-hydrogen) atoms. The van der Waals surface area contributed by atoms with Crippen LogP contribution in [0.3, 0.4) is 0 Å². The number of ether oxygens (including phenoxy) is 1. The molecule has 0 atom stereocenters. The Morgan fingerprint density at radius 2 is 2.19 bits per heavy atom. The van der Waals surface area contributed by atoms with Crippen LogP contribution in [0.5, 0.6) is 5.75 Å². The highest BCUT2D eigenvalue weighted by molar-refractivity contribution is 7.97. The summed E-state index contributed by atoms with van der Waals surface area (Å²) in [6.07, 6.45) is 6.46. The van der Waals surface area contributed by atoms with E-state index < -0.39 is 0 Å². The first-order valence-corrected chi connectivity index (χ1v) is 5.98. The number of carbonyl (C=O) groups is 1. The highest BCUT2D eigenvalue weighted by Gasteiger charge is 2.18. The molecule has 1 aliphatic carbocycles. The standard InChI is InChI=1S/C12H15NO2S/c1-8-11(15-10-4-2-3-5-10)6-9(7-13-8)12(14)16/h6-7,10H,2-5H2,1H3,(H,14,16). The molecule has 0 bridgehead atoms. The number of hydrogen-bond acceptors (Lipinski definition) is 3. The van der Waals surface area contributed by atoms with Gasteiger partial charge in [0, 0.05) is 6.20 Å². The normalized spacial score (nSPS) is 16.4. The fourth-order valence-corrected chi connectivity index (χ4v) is 2.06. The van der Waals surface area contributed by atoms with E-state index in [1.807, 2.05) is 6.92 Å². The maximum atomic E-state index is 11.1. The highest BCUT2D eigenvalue weighted by Crippen LogP contribution is 2.26. The van der Waals surface area contributed by atoms with Gasteiger partial charge in [0.2, 0.25) is 5.12 Å². The fraction of sp³-hybridized carbons (Fsp3) is 0.500. The topological polar surface area (TPSA) is 39.2 Å².